The monoisotopic (exact) mass is 488 g/mol. The van der Waals surface area contributed by atoms with Crippen LogP contribution in [0.15, 0.2) is 56.9 Å². The van der Waals surface area contributed by atoms with Crippen LogP contribution in [0.2, 0.25) is 0 Å². The Morgan fingerprint density at radius 1 is 1.23 bits per heavy atom. The van der Waals surface area contributed by atoms with E-state index < -0.39 is 5.25 Å². The number of hydrogen-bond acceptors (Lipinski definition) is 5. The molecular weight excluding hydrogens is 464 g/mol. The summed E-state index contributed by atoms with van der Waals surface area (Å²) < 4.78 is 2.50. The van der Waals surface area contributed by atoms with Crippen molar-refractivity contribution in [3.8, 4) is 0 Å². The average Bonchev–Trinajstić information content (AvgIpc) is 2.71. The zero-order chi connectivity index (χ0) is 21.8. The summed E-state index contributed by atoms with van der Waals surface area (Å²) >= 11 is 4.71. The van der Waals surface area contributed by atoms with Gasteiger partial charge in [0.15, 0.2) is 5.16 Å². The van der Waals surface area contributed by atoms with Crippen molar-refractivity contribution >= 4 is 55.9 Å². The molecule has 0 aliphatic carbocycles. The van der Waals surface area contributed by atoms with Gasteiger partial charge >= 0.3 is 0 Å². The van der Waals surface area contributed by atoms with Crippen LogP contribution in [0, 0.1) is 0 Å². The molecule has 0 radical (unpaired) electrons. The van der Waals surface area contributed by atoms with Crippen LogP contribution in [0.4, 0.5) is 11.4 Å². The number of hydrogen-bond donors (Lipinski definition) is 1. The summed E-state index contributed by atoms with van der Waals surface area (Å²) in [7, 11) is 3.94. The minimum Gasteiger partial charge on any atom is -0.378 e. The molecule has 0 fully saturated rings. The summed E-state index contributed by atoms with van der Waals surface area (Å²) in [5.41, 5.74) is 2.34. The molecular formula is C22H25BrN4O2S. The molecule has 2 aromatic carbocycles. The summed E-state index contributed by atoms with van der Waals surface area (Å²) in [5, 5.41) is 3.65. The fraction of sp³-hybridized carbons (Fsp3) is 0.318. The number of rotatable bonds is 7. The maximum Gasteiger partial charge on any atom is 0.262 e. The van der Waals surface area contributed by atoms with Crippen LogP contribution in [-0.4, -0.2) is 34.8 Å². The van der Waals surface area contributed by atoms with Gasteiger partial charge in [-0.3, -0.25) is 14.2 Å². The van der Waals surface area contributed by atoms with E-state index in [0.717, 1.165) is 22.3 Å². The molecule has 3 rings (SSSR count). The maximum absolute atomic E-state index is 13.0. The third-order valence-corrected chi connectivity index (χ3v) is 6.21. The maximum atomic E-state index is 13.0. The van der Waals surface area contributed by atoms with Crippen molar-refractivity contribution in [2.75, 3.05) is 24.3 Å². The number of carbonyl (C=O) groups excluding carboxylic acids is 1. The van der Waals surface area contributed by atoms with Gasteiger partial charge in [0, 0.05) is 36.5 Å². The normalized spacial score (nSPS) is 12.0. The van der Waals surface area contributed by atoms with Crippen LogP contribution >= 0.6 is 27.7 Å². The van der Waals surface area contributed by atoms with Crippen molar-refractivity contribution in [2.24, 2.45) is 0 Å². The summed E-state index contributed by atoms with van der Waals surface area (Å²) in [6.45, 7) is 4.39. The number of thioether (sulfide) groups is 1. The van der Waals surface area contributed by atoms with Gasteiger partial charge in [-0.25, -0.2) is 4.98 Å². The summed E-state index contributed by atoms with van der Waals surface area (Å²) in [6.07, 6.45) is 0.799. The van der Waals surface area contributed by atoms with Crippen LogP contribution in [0.1, 0.15) is 20.3 Å². The SMILES string of the molecule is CCCn1c(SC(C)C(=O)Nc2ccc(N(C)C)cc2)nc2ccc(Br)cc2c1=O. The summed E-state index contributed by atoms with van der Waals surface area (Å²) in [5.74, 6) is -0.134. The average molecular weight is 489 g/mol. The molecule has 1 heterocycles. The standard InChI is InChI=1S/C22H25BrN4O2S/c1-5-12-27-21(29)18-13-15(23)6-11-19(18)25-22(27)30-14(2)20(28)24-16-7-9-17(10-8-16)26(3)4/h6-11,13-14H,5,12H2,1-4H3,(H,24,28). The molecule has 8 heteroatoms. The first-order valence-corrected chi connectivity index (χ1v) is 11.4. The molecule has 1 N–H and O–H groups in total. The van der Waals surface area contributed by atoms with E-state index in [-0.39, 0.29) is 11.5 Å². The number of amides is 1. The molecule has 158 valence electrons. The number of nitrogens with zero attached hydrogens (tertiary/aromatic N) is 3. The Labute approximate surface area is 188 Å². The Kier molecular flexibility index (Phi) is 7.20. The Hall–Kier alpha value is -2.32. The lowest BCUT2D eigenvalue weighted by Crippen LogP contribution is -2.27. The van der Waals surface area contributed by atoms with Crippen LogP contribution in [-0.2, 0) is 11.3 Å². The lowest BCUT2D eigenvalue weighted by molar-refractivity contribution is -0.115. The lowest BCUT2D eigenvalue weighted by Gasteiger charge is -2.17. The zero-order valence-corrected chi connectivity index (χ0v) is 19.9. The highest BCUT2D eigenvalue weighted by atomic mass is 79.9. The number of fused-ring (bicyclic) bond motifs is 1. The van der Waals surface area contributed by atoms with Gasteiger partial charge in [0.25, 0.3) is 5.56 Å². The van der Waals surface area contributed by atoms with Crippen molar-refractivity contribution in [2.45, 2.75) is 37.2 Å². The fourth-order valence-corrected chi connectivity index (χ4v) is 4.28. The molecule has 0 aliphatic rings. The van der Waals surface area contributed by atoms with Crippen molar-refractivity contribution in [3.05, 3.63) is 57.3 Å². The number of halogens is 1. The molecule has 6 nitrogen and oxygen atoms in total. The van der Waals surface area contributed by atoms with Gasteiger partial charge in [-0.15, -0.1) is 0 Å². The number of aromatic nitrogens is 2. The first kappa shape index (κ1) is 22.4. The van der Waals surface area contributed by atoms with E-state index in [1.807, 2.05) is 69.2 Å². The largest absolute Gasteiger partial charge is 0.378 e. The van der Waals surface area contributed by atoms with Gasteiger partial charge in [-0.2, -0.15) is 0 Å². The van der Waals surface area contributed by atoms with E-state index >= 15 is 0 Å². The van der Waals surface area contributed by atoms with Crippen molar-refractivity contribution in [1.82, 2.24) is 9.55 Å². The van der Waals surface area contributed by atoms with Gasteiger partial charge in [0.05, 0.1) is 16.2 Å². The van der Waals surface area contributed by atoms with Gasteiger partial charge < -0.3 is 10.2 Å². The van der Waals surface area contributed by atoms with Gasteiger partial charge in [0.1, 0.15) is 0 Å². The molecule has 0 spiro atoms. The van der Waals surface area contributed by atoms with Gasteiger partial charge in [-0.1, -0.05) is 34.6 Å². The minimum absolute atomic E-state index is 0.0856. The molecule has 3 aromatic rings. The van der Waals surface area contributed by atoms with E-state index in [9.17, 15) is 9.59 Å². The van der Waals surface area contributed by atoms with Crippen molar-refractivity contribution < 1.29 is 4.79 Å². The second kappa shape index (κ2) is 9.66. The van der Waals surface area contributed by atoms with E-state index in [1.54, 1.807) is 10.6 Å². The highest BCUT2D eigenvalue weighted by Crippen LogP contribution is 2.25. The lowest BCUT2D eigenvalue weighted by atomic mass is 10.2. The summed E-state index contributed by atoms with van der Waals surface area (Å²) in [4.78, 5) is 32.4. The Balaban J connectivity index is 1.83. The summed E-state index contributed by atoms with van der Waals surface area (Å²) in [6, 6.07) is 13.1. The van der Waals surface area contributed by atoms with Crippen LogP contribution in [0.3, 0.4) is 0 Å². The van der Waals surface area contributed by atoms with E-state index in [4.69, 9.17) is 0 Å². The Bertz CT molecular complexity index is 1110. The Morgan fingerprint density at radius 3 is 2.57 bits per heavy atom. The number of carbonyl (C=O) groups is 1. The molecule has 0 aliphatic heterocycles. The molecule has 0 bridgehead atoms. The highest BCUT2D eigenvalue weighted by Gasteiger charge is 2.19. The molecule has 1 amide bonds. The minimum atomic E-state index is -0.415. The van der Waals surface area contributed by atoms with Crippen LogP contribution in [0.5, 0.6) is 0 Å². The fourth-order valence-electron chi connectivity index (χ4n) is 2.98. The topological polar surface area (TPSA) is 67.2 Å². The van der Waals surface area contributed by atoms with Crippen LogP contribution in [0.25, 0.3) is 10.9 Å². The third-order valence-electron chi connectivity index (χ3n) is 4.63. The molecule has 0 saturated heterocycles. The second-order valence-corrected chi connectivity index (χ2v) is 9.43. The predicted molar refractivity (Wildman–Crippen MR) is 129 cm³/mol. The predicted octanol–water partition coefficient (Wildman–Crippen LogP) is 4.75. The number of anilines is 2. The first-order valence-electron chi connectivity index (χ1n) is 9.75. The van der Waals surface area contributed by atoms with Gasteiger partial charge in [0.2, 0.25) is 5.91 Å². The number of nitrogens with one attached hydrogen (secondary N) is 1. The number of benzene rings is 2. The van der Waals surface area contributed by atoms with Crippen molar-refractivity contribution in [1.29, 1.82) is 0 Å². The molecule has 1 atom stereocenters. The second-order valence-electron chi connectivity index (χ2n) is 7.20. The smallest absolute Gasteiger partial charge is 0.262 e. The molecule has 1 aromatic heterocycles. The van der Waals surface area contributed by atoms with Gasteiger partial charge in [-0.05, 0) is 55.8 Å². The third kappa shape index (κ3) is 5.05. The van der Waals surface area contributed by atoms with Crippen LogP contribution < -0.4 is 15.8 Å². The molecule has 30 heavy (non-hydrogen) atoms. The quantitative estimate of drug-likeness (QED) is 0.383. The van der Waals surface area contributed by atoms with E-state index in [2.05, 4.69) is 26.2 Å². The molecule has 0 saturated carbocycles. The van der Waals surface area contributed by atoms with Crippen molar-refractivity contribution in [3.63, 3.8) is 0 Å². The van der Waals surface area contributed by atoms with E-state index in [0.29, 0.717) is 22.6 Å². The highest BCUT2D eigenvalue weighted by molar-refractivity contribution is 9.10. The van der Waals surface area contributed by atoms with E-state index in [1.165, 1.54) is 11.8 Å². The molecule has 1 unspecified atom stereocenters. The zero-order valence-electron chi connectivity index (χ0n) is 17.5. The first-order chi connectivity index (χ1) is 14.3. The Morgan fingerprint density at radius 2 is 1.93 bits per heavy atom.